The summed E-state index contributed by atoms with van der Waals surface area (Å²) in [7, 11) is 1.70. The van der Waals surface area contributed by atoms with Crippen LogP contribution in [0.25, 0.3) is 0 Å². The third kappa shape index (κ3) is 7.07. The number of ether oxygens (including phenoxy) is 2. The normalized spacial score (nSPS) is 12.8. The van der Waals surface area contributed by atoms with E-state index in [1.54, 1.807) is 7.11 Å². The first-order valence-electron chi connectivity index (χ1n) is 8.04. The fraction of sp³-hybridized carbons (Fsp3) is 0.812. The molecule has 0 aliphatic rings. The Labute approximate surface area is 129 Å². The molecule has 0 fully saturated rings. The number of hydrogen-bond donors (Lipinski definition) is 1. The van der Waals surface area contributed by atoms with Gasteiger partial charge in [-0.25, -0.2) is 0 Å². The summed E-state index contributed by atoms with van der Waals surface area (Å²) in [6, 6.07) is 2.63. The van der Waals surface area contributed by atoms with Gasteiger partial charge in [0.25, 0.3) is 0 Å². The highest BCUT2D eigenvalue weighted by atomic mass is 16.5. The van der Waals surface area contributed by atoms with Gasteiger partial charge in [-0.15, -0.1) is 0 Å². The molecule has 1 aromatic rings. The first-order chi connectivity index (χ1) is 10.2. The Morgan fingerprint density at radius 2 is 2.10 bits per heavy atom. The molecular formula is C16H31N3O2. The Kier molecular flexibility index (Phi) is 9.30. The summed E-state index contributed by atoms with van der Waals surface area (Å²) in [6.07, 6.45) is 3.16. The summed E-state index contributed by atoms with van der Waals surface area (Å²) in [6.45, 7) is 10.5. The minimum absolute atomic E-state index is 0.439. The van der Waals surface area contributed by atoms with Crippen LogP contribution in [0.4, 0.5) is 0 Å². The number of aryl methyl sites for hydroxylation is 2. The first-order valence-corrected chi connectivity index (χ1v) is 8.04. The molecule has 1 aromatic heterocycles. The maximum atomic E-state index is 5.60. The zero-order valence-electron chi connectivity index (χ0n) is 14.0. The smallest absolute Gasteiger partial charge is 0.0700 e. The van der Waals surface area contributed by atoms with Gasteiger partial charge in [0.05, 0.1) is 18.9 Å². The van der Waals surface area contributed by atoms with Crippen molar-refractivity contribution >= 4 is 0 Å². The molecule has 1 atom stereocenters. The molecule has 0 aromatic carbocycles. The van der Waals surface area contributed by atoms with Gasteiger partial charge in [-0.1, -0.05) is 6.92 Å². The maximum absolute atomic E-state index is 5.60. The second-order valence-corrected chi connectivity index (χ2v) is 5.34. The average Bonchev–Trinajstić information content (AvgIpc) is 2.84. The zero-order chi connectivity index (χ0) is 15.5. The highest BCUT2D eigenvalue weighted by Gasteiger charge is 2.13. The average molecular weight is 297 g/mol. The zero-order valence-corrected chi connectivity index (χ0v) is 14.0. The molecule has 0 radical (unpaired) electrons. The van der Waals surface area contributed by atoms with Crippen molar-refractivity contribution in [3.05, 3.63) is 17.5 Å². The quantitative estimate of drug-likeness (QED) is 0.601. The standard InChI is InChI=1S/C16H31N3O2/c1-5-8-17-15(7-9-21-11-10-20-4)13-16-12-14(3)18-19(16)6-2/h12,15,17H,5-11,13H2,1-4H3. The van der Waals surface area contributed by atoms with Crippen LogP contribution in [0.1, 0.15) is 38.1 Å². The van der Waals surface area contributed by atoms with E-state index in [0.29, 0.717) is 19.3 Å². The molecule has 21 heavy (non-hydrogen) atoms. The van der Waals surface area contributed by atoms with E-state index in [-0.39, 0.29) is 0 Å². The third-order valence-corrected chi connectivity index (χ3v) is 3.47. The van der Waals surface area contributed by atoms with Crippen molar-refractivity contribution in [2.45, 2.75) is 52.6 Å². The number of rotatable bonds is 12. The molecule has 1 unspecified atom stereocenters. The maximum Gasteiger partial charge on any atom is 0.0700 e. The van der Waals surface area contributed by atoms with E-state index in [9.17, 15) is 0 Å². The van der Waals surface area contributed by atoms with Crippen LogP contribution in [0.15, 0.2) is 6.07 Å². The molecular weight excluding hydrogens is 266 g/mol. The highest BCUT2D eigenvalue weighted by molar-refractivity contribution is 5.10. The van der Waals surface area contributed by atoms with Gasteiger partial charge in [0.2, 0.25) is 0 Å². The van der Waals surface area contributed by atoms with Gasteiger partial charge >= 0.3 is 0 Å². The predicted molar refractivity (Wildman–Crippen MR) is 85.7 cm³/mol. The van der Waals surface area contributed by atoms with Crippen LogP contribution in [0.5, 0.6) is 0 Å². The van der Waals surface area contributed by atoms with Gasteiger partial charge in [0.15, 0.2) is 0 Å². The van der Waals surface area contributed by atoms with Crippen LogP contribution in [-0.4, -0.2) is 49.3 Å². The number of nitrogens with one attached hydrogen (secondary N) is 1. The first kappa shape index (κ1) is 18.1. The molecule has 0 spiro atoms. The second-order valence-electron chi connectivity index (χ2n) is 5.34. The summed E-state index contributed by atoms with van der Waals surface area (Å²) in [5.74, 6) is 0. The summed E-state index contributed by atoms with van der Waals surface area (Å²) >= 11 is 0. The number of nitrogens with zero attached hydrogens (tertiary/aromatic N) is 2. The SMILES string of the molecule is CCCNC(CCOCCOC)Cc1cc(C)nn1CC. The van der Waals surface area contributed by atoms with E-state index in [1.807, 2.05) is 0 Å². The molecule has 0 aliphatic heterocycles. The molecule has 1 heterocycles. The summed E-state index contributed by atoms with van der Waals surface area (Å²) in [5, 5.41) is 8.14. The minimum atomic E-state index is 0.439. The van der Waals surface area contributed by atoms with Gasteiger partial charge in [-0.2, -0.15) is 5.10 Å². The van der Waals surface area contributed by atoms with E-state index < -0.39 is 0 Å². The highest BCUT2D eigenvalue weighted by Crippen LogP contribution is 2.09. The molecule has 1 N–H and O–H groups in total. The Hall–Kier alpha value is -0.910. The summed E-state index contributed by atoms with van der Waals surface area (Å²) in [4.78, 5) is 0. The number of aromatic nitrogens is 2. The molecule has 5 nitrogen and oxygen atoms in total. The Morgan fingerprint density at radius 1 is 1.29 bits per heavy atom. The fourth-order valence-corrected chi connectivity index (χ4v) is 2.38. The topological polar surface area (TPSA) is 48.3 Å². The van der Waals surface area contributed by atoms with Crippen LogP contribution in [0.3, 0.4) is 0 Å². The molecule has 0 saturated heterocycles. The van der Waals surface area contributed by atoms with Crippen LogP contribution in [0.2, 0.25) is 0 Å². The molecule has 122 valence electrons. The van der Waals surface area contributed by atoms with Crippen LogP contribution in [-0.2, 0) is 22.4 Å². The predicted octanol–water partition coefficient (Wildman–Crippen LogP) is 2.18. The van der Waals surface area contributed by atoms with Crippen molar-refractivity contribution in [2.24, 2.45) is 0 Å². The van der Waals surface area contributed by atoms with Gasteiger partial charge in [-0.3, -0.25) is 4.68 Å². The van der Waals surface area contributed by atoms with Crippen molar-refractivity contribution < 1.29 is 9.47 Å². The van der Waals surface area contributed by atoms with Crippen LogP contribution < -0.4 is 5.32 Å². The molecule has 5 heteroatoms. The third-order valence-electron chi connectivity index (χ3n) is 3.47. The van der Waals surface area contributed by atoms with Crippen molar-refractivity contribution in [1.29, 1.82) is 0 Å². The van der Waals surface area contributed by atoms with E-state index in [2.05, 4.69) is 41.9 Å². The van der Waals surface area contributed by atoms with Crippen LogP contribution >= 0.6 is 0 Å². The number of methoxy groups -OCH3 is 1. The van der Waals surface area contributed by atoms with Crippen molar-refractivity contribution in [2.75, 3.05) is 33.5 Å². The van der Waals surface area contributed by atoms with E-state index >= 15 is 0 Å². The van der Waals surface area contributed by atoms with E-state index in [0.717, 1.165) is 44.7 Å². The van der Waals surface area contributed by atoms with E-state index in [1.165, 1.54) is 5.69 Å². The van der Waals surface area contributed by atoms with Gasteiger partial charge in [0.1, 0.15) is 0 Å². The van der Waals surface area contributed by atoms with Crippen molar-refractivity contribution in [3.8, 4) is 0 Å². The Morgan fingerprint density at radius 3 is 2.76 bits per heavy atom. The molecule has 0 bridgehead atoms. The molecule has 0 amide bonds. The summed E-state index contributed by atoms with van der Waals surface area (Å²) < 4.78 is 12.7. The lowest BCUT2D eigenvalue weighted by atomic mass is 10.1. The largest absolute Gasteiger partial charge is 0.382 e. The Bertz CT molecular complexity index is 380. The van der Waals surface area contributed by atoms with E-state index in [4.69, 9.17) is 9.47 Å². The fourth-order valence-electron chi connectivity index (χ4n) is 2.38. The molecule has 1 rings (SSSR count). The minimum Gasteiger partial charge on any atom is -0.382 e. The number of hydrogen-bond acceptors (Lipinski definition) is 4. The summed E-state index contributed by atoms with van der Waals surface area (Å²) in [5.41, 5.74) is 2.40. The lowest BCUT2D eigenvalue weighted by Gasteiger charge is -2.19. The second kappa shape index (κ2) is 10.8. The molecule has 0 saturated carbocycles. The lowest BCUT2D eigenvalue weighted by molar-refractivity contribution is 0.0657. The van der Waals surface area contributed by atoms with Gasteiger partial charge in [-0.05, 0) is 39.3 Å². The van der Waals surface area contributed by atoms with Gasteiger partial charge < -0.3 is 14.8 Å². The Balaban J connectivity index is 2.47. The van der Waals surface area contributed by atoms with Crippen molar-refractivity contribution in [3.63, 3.8) is 0 Å². The monoisotopic (exact) mass is 297 g/mol. The van der Waals surface area contributed by atoms with Crippen molar-refractivity contribution in [1.82, 2.24) is 15.1 Å². The molecule has 0 aliphatic carbocycles. The van der Waals surface area contributed by atoms with Gasteiger partial charge in [0, 0.05) is 38.4 Å². The lowest BCUT2D eigenvalue weighted by Crippen LogP contribution is -2.33. The van der Waals surface area contributed by atoms with Crippen LogP contribution in [0, 0.1) is 6.92 Å².